The minimum Gasteiger partial charge on any atom is -0.508 e. The summed E-state index contributed by atoms with van der Waals surface area (Å²) >= 11 is 0. The van der Waals surface area contributed by atoms with Crippen LogP contribution < -0.4 is 10.2 Å². The molecule has 0 saturated carbocycles. The lowest BCUT2D eigenvalue weighted by Crippen LogP contribution is -2.65. The summed E-state index contributed by atoms with van der Waals surface area (Å²) in [5.41, 5.74) is -1.15. The first kappa shape index (κ1) is 38.1. The highest BCUT2D eigenvalue weighted by Gasteiger charge is 2.52. The molecule has 0 bridgehead atoms. The first-order chi connectivity index (χ1) is 24.6. The molecule has 286 valence electrons. The molecule has 11 N–H and O–H groups in total. The van der Waals surface area contributed by atoms with Crippen LogP contribution in [0, 0.1) is 0 Å². The number of phenols is 3. The van der Waals surface area contributed by atoms with Gasteiger partial charge < -0.3 is 89.0 Å². The van der Waals surface area contributed by atoms with Gasteiger partial charge in [-0.15, -0.1) is 0 Å². The number of aromatic hydroxyl groups is 3. The predicted molar refractivity (Wildman–Crippen MR) is 170 cm³/mol. The summed E-state index contributed by atoms with van der Waals surface area (Å²) in [7, 11) is 0. The van der Waals surface area contributed by atoms with Gasteiger partial charge in [-0.25, -0.2) is 0 Å². The minimum atomic E-state index is -2.00. The molecule has 4 heterocycles. The van der Waals surface area contributed by atoms with E-state index in [2.05, 4.69) is 0 Å². The van der Waals surface area contributed by atoms with Crippen molar-refractivity contribution in [3.8, 4) is 34.3 Å². The highest BCUT2D eigenvalue weighted by Crippen LogP contribution is 2.38. The number of aliphatic hydroxyl groups excluding tert-OH is 8. The van der Waals surface area contributed by atoms with E-state index in [0.29, 0.717) is 0 Å². The molecular formula is C33H40O19. The van der Waals surface area contributed by atoms with E-state index < -0.39 is 127 Å². The lowest BCUT2D eigenvalue weighted by molar-refractivity contribution is -0.360. The molecule has 1 aromatic heterocycles. The van der Waals surface area contributed by atoms with Crippen molar-refractivity contribution in [2.24, 2.45) is 0 Å². The highest BCUT2D eigenvalue weighted by atomic mass is 16.8. The minimum absolute atomic E-state index is 0.138. The number of ether oxygens (including phenoxy) is 6. The van der Waals surface area contributed by atoms with Crippen LogP contribution in [0.15, 0.2) is 45.6 Å². The number of hydrogen-bond donors (Lipinski definition) is 11. The molecule has 19 heteroatoms. The average molecular weight is 741 g/mol. The fourth-order valence-electron chi connectivity index (χ4n) is 6.20. The standard InChI is InChI=1S/C33H40O19/c1-10-19(37)23(41)26(44)31(47-10)46-9-17-21(39)25(43)30(52-32-27(45)24(42)20(38)11(2)48-32)33(50-17)51-29-22(40)18-15(36)7-14(35)8-16(18)49-28(29)12-3-5-13(34)6-4-12/h3-8,10-11,17,19-21,23-27,30-39,41-45H,9H2,1-2H3/t10-,11-,17+,19-,20-,21-,23+,24+,25-,26+,27+,30+,31+,32-,33-/m0/s1. The van der Waals surface area contributed by atoms with Crippen LogP contribution in [0.1, 0.15) is 13.8 Å². The molecular weight excluding hydrogens is 700 g/mol. The van der Waals surface area contributed by atoms with E-state index in [9.17, 15) is 61.0 Å². The smallest absolute Gasteiger partial charge is 0.239 e. The summed E-state index contributed by atoms with van der Waals surface area (Å²) in [6, 6.07) is 7.16. The van der Waals surface area contributed by atoms with Crippen LogP contribution in [0.25, 0.3) is 22.3 Å². The van der Waals surface area contributed by atoms with Gasteiger partial charge in [0.1, 0.15) is 83.2 Å². The summed E-state index contributed by atoms with van der Waals surface area (Å²) in [6.45, 7) is 2.12. The molecule has 0 unspecified atom stereocenters. The fourth-order valence-corrected chi connectivity index (χ4v) is 6.20. The molecule has 0 amide bonds. The normalized spacial score (nSPS) is 38.3. The van der Waals surface area contributed by atoms with Crippen LogP contribution in [0.2, 0.25) is 0 Å². The van der Waals surface area contributed by atoms with E-state index in [1.54, 1.807) is 0 Å². The molecule has 3 saturated heterocycles. The molecule has 2 aromatic carbocycles. The Morgan fingerprint density at radius 2 is 1.25 bits per heavy atom. The number of rotatable bonds is 8. The molecule has 3 aliphatic rings. The van der Waals surface area contributed by atoms with Crippen LogP contribution in [0.3, 0.4) is 0 Å². The van der Waals surface area contributed by atoms with Crippen molar-refractivity contribution in [1.82, 2.24) is 0 Å². The van der Waals surface area contributed by atoms with Crippen molar-refractivity contribution >= 4 is 11.0 Å². The maximum Gasteiger partial charge on any atom is 0.239 e. The fraction of sp³-hybridized carbons (Fsp3) is 0.545. The largest absolute Gasteiger partial charge is 0.508 e. The summed E-state index contributed by atoms with van der Waals surface area (Å²) in [5, 5.41) is 115. The number of hydrogen-bond acceptors (Lipinski definition) is 19. The third-order valence-corrected chi connectivity index (χ3v) is 9.26. The Bertz CT molecular complexity index is 1760. The van der Waals surface area contributed by atoms with Gasteiger partial charge in [-0.05, 0) is 38.1 Å². The molecule has 19 nitrogen and oxygen atoms in total. The lowest BCUT2D eigenvalue weighted by Gasteiger charge is -2.46. The van der Waals surface area contributed by atoms with Gasteiger partial charge in [-0.1, -0.05) is 0 Å². The number of benzene rings is 2. The predicted octanol–water partition coefficient (Wildman–Crippen LogP) is -2.54. The Hall–Kier alpha value is -3.67. The first-order valence-corrected chi connectivity index (χ1v) is 16.2. The second kappa shape index (κ2) is 15.0. The Kier molecular flexibility index (Phi) is 11.0. The molecule has 15 atom stereocenters. The molecule has 0 spiro atoms. The van der Waals surface area contributed by atoms with E-state index in [4.69, 9.17) is 32.8 Å². The summed E-state index contributed by atoms with van der Waals surface area (Å²) < 4.78 is 40.3. The number of aliphatic hydroxyl groups is 8. The molecule has 3 fully saturated rings. The van der Waals surface area contributed by atoms with Gasteiger partial charge in [0.15, 0.2) is 24.4 Å². The molecule has 3 aromatic rings. The summed E-state index contributed by atoms with van der Waals surface area (Å²) in [5.74, 6) is -2.27. The van der Waals surface area contributed by atoms with Crippen molar-refractivity contribution < 1.29 is 89.0 Å². The van der Waals surface area contributed by atoms with Crippen molar-refractivity contribution in [1.29, 1.82) is 0 Å². The van der Waals surface area contributed by atoms with Gasteiger partial charge >= 0.3 is 0 Å². The number of phenolic OH excluding ortho intramolecular Hbond substituents is 3. The Balaban J connectivity index is 1.38. The Morgan fingerprint density at radius 1 is 0.654 bits per heavy atom. The third-order valence-electron chi connectivity index (χ3n) is 9.26. The van der Waals surface area contributed by atoms with Crippen LogP contribution >= 0.6 is 0 Å². The van der Waals surface area contributed by atoms with Crippen LogP contribution in [0.4, 0.5) is 0 Å². The molecule has 6 rings (SSSR count). The van der Waals surface area contributed by atoms with Gasteiger partial charge in [0.05, 0.1) is 18.8 Å². The topological polar surface area (TPSA) is 308 Å². The summed E-state index contributed by atoms with van der Waals surface area (Å²) in [4.78, 5) is 14.0. The Morgan fingerprint density at radius 3 is 1.88 bits per heavy atom. The lowest BCUT2D eigenvalue weighted by atomic mass is 9.97. The third kappa shape index (κ3) is 7.16. The van der Waals surface area contributed by atoms with Crippen molar-refractivity contribution in [2.75, 3.05) is 6.61 Å². The van der Waals surface area contributed by atoms with E-state index in [0.717, 1.165) is 12.1 Å². The van der Waals surface area contributed by atoms with E-state index in [-0.39, 0.29) is 22.7 Å². The quantitative estimate of drug-likeness (QED) is 0.113. The second-order valence-electron chi connectivity index (χ2n) is 12.9. The molecule has 52 heavy (non-hydrogen) atoms. The van der Waals surface area contributed by atoms with E-state index in [1.165, 1.54) is 38.1 Å². The van der Waals surface area contributed by atoms with E-state index >= 15 is 0 Å². The Labute approximate surface area is 293 Å². The van der Waals surface area contributed by atoms with Crippen molar-refractivity contribution in [3.05, 3.63) is 46.6 Å². The van der Waals surface area contributed by atoms with Gasteiger partial charge in [0, 0.05) is 17.7 Å². The van der Waals surface area contributed by atoms with Crippen LogP contribution in [-0.4, -0.2) is 155 Å². The second-order valence-corrected chi connectivity index (χ2v) is 12.9. The van der Waals surface area contributed by atoms with Gasteiger partial charge in [0.25, 0.3) is 0 Å². The van der Waals surface area contributed by atoms with E-state index in [1.807, 2.05) is 0 Å². The zero-order chi connectivity index (χ0) is 37.8. The molecule has 3 aliphatic heterocycles. The van der Waals surface area contributed by atoms with Gasteiger partial charge in [-0.3, -0.25) is 4.79 Å². The summed E-state index contributed by atoms with van der Waals surface area (Å²) in [6.07, 6.45) is -24.7. The van der Waals surface area contributed by atoms with Crippen molar-refractivity contribution in [3.63, 3.8) is 0 Å². The van der Waals surface area contributed by atoms with Crippen LogP contribution in [-0.2, 0) is 23.7 Å². The maximum absolute atomic E-state index is 14.0. The number of fused-ring (bicyclic) bond motifs is 1. The first-order valence-electron chi connectivity index (χ1n) is 16.2. The highest BCUT2D eigenvalue weighted by molar-refractivity contribution is 5.88. The zero-order valence-electron chi connectivity index (χ0n) is 27.5. The van der Waals surface area contributed by atoms with Gasteiger partial charge in [0.2, 0.25) is 17.5 Å². The zero-order valence-corrected chi connectivity index (χ0v) is 27.5. The monoisotopic (exact) mass is 740 g/mol. The SMILES string of the molecule is C[C@@H]1O[C@@H](OC[C@H]2O[C@@H](Oc3c(-c4ccc(O)cc4)oc4cc(O)cc(O)c4c3=O)[C@H](O[C@@H]3O[C@@H](C)[C@H](O)[C@@H](O)[C@H]3O)[C@@H](O)[C@H]2O)[C@H](O)[C@H](O)[C@H]1O. The maximum atomic E-state index is 14.0. The molecule has 0 radical (unpaired) electrons. The average Bonchev–Trinajstić information content (AvgIpc) is 3.10. The van der Waals surface area contributed by atoms with Crippen LogP contribution in [0.5, 0.6) is 23.0 Å². The van der Waals surface area contributed by atoms with Crippen molar-refractivity contribution in [2.45, 2.75) is 106 Å². The molecule has 0 aliphatic carbocycles. The van der Waals surface area contributed by atoms with Gasteiger partial charge in [-0.2, -0.15) is 0 Å².